The van der Waals surface area contributed by atoms with Crippen molar-refractivity contribution in [3.63, 3.8) is 0 Å². The van der Waals surface area contributed by atoms with Crippen LogP contribution in [0.25, 0.3) is 0 Å². The molecule has 0 amide bonds. The average Bonchev–Trinajstić information content (AvgIpc) is 2.38. The fourth-order valence-corrected chi connectivity index (χ4v) is 2.94. The second-order valence-electron chi connectivity index (χ2n) is 5.60. The van der Waals surface area contributed by atoms with Crippen LogP contribution in [0, 0.1) is 12.8 Å². The molecule has 1 aliphatic rings. The summed E-state index contributed by atoms with van der Waals surface area (Å²) in [5.74, 6) is 0.435. The summed E-state index contributed by atoms with van der Waals surface area (Å²) < 4.78 is 0. The van der Waals surface area contributed by atoms with Crippen molar-refractivity contribution < 1.29 is 5.11 Å². The second-order valence-corrected chi connectivity index (χ2v) is 5.60. The molecule has 0 aromatic heterocycles. The maximum atomic E-state index is 9.97. The van der Waals surface area contributed by atoms with Gasteiger partial charge < -0.3 is 10.4 Å². The van der Waals surface area contributed by atoms with Crippen LogP contribution in [-0.4, -0.2) is 17.8 Å². The number of aryl methyl sites for hydroxylation is 1. The third-order valence-electron chi connectivity index (χ3n) is 4.21. The molecule has 0 unspecified atom stereocenters. The lowest BCUT2D eigenvalue weighted by molar-refractivity contribution is 0.0684. The fraction of sp³-hybridized carbons (Fsp3) is 0.625. The van der Waals surface area contributed by atoms with E-state index < -0.39 is 0 Å². The lowest BCUT2D eigenvalue weighted by Gasteiger charge is -2.29. The van der Waals surface area contributed by atoms with Crippen molar-refractivity contribution in [3.8, 4) is 0 Å². The Labute approximate surface area is 110 Å². The molecule has 100 valence electrons. The van der Waals surface area contributed by atoms with Crippen molar-refractivity contribution in [1.29, 1.82) is 0 Å². The van der Waals surface area contributed by atoms with Gasteiger partial charge in [-0.15, -0.1) is 0 Å². The SMILES string of the molecule is Cc1ccccc1[C@H](C)NC[C@@H]1CCCC[C@H]1O. The summed E-state index contributed by atoms with van der Waals surface area (Å²) >= 11 is 0. The summed E-state index contributed by atoms with van der Waals surface area (Å²) in [6.07, 6.45) is 4.49. The molecule has 1 aliphatic carbocycles. The van der Waals surface area contributed by atoms with E-state index in [2.05, 4.69) is 43.4 Å². The van der Waals surface area contributed by atoms with Gasteiger partial charge in [0.1, 0.15) is 0 Å². The third kappa shape index (κ3) is 3.33. The molecule has 0 aliphatic heterocycles. The van der Waals surface area contributed by atoms with Crippen molar-refractivity contribution >= 4 is 0 Å². The summed E-state index contributed by atoms with van der Waals surface area (Å²) in [7, 11) is 0. The molecule has 2 heteroatoms. The Balaban J connectivity index is 1.88. The topological polar surface area (TPSA) is 32.3 Å². The smallest absolute Gasteiger partial charge is 0.0580 e. The molecule has 0 saturated heterocycles. The van der Waals surface area contributed by atoms with Crippen molar-refractivity contribution in [1.82, 2.24) is 5.32 Å². The molecule has 1 fully saturated rings. The van der Waals surface area contributed by atoms with Gasteiger partial charge in [0.25, 0.3) is 0 Å². The molecule has 0 radical (unpaired) electrons. The third-order valence-corrected chi connectivity index (χ3v) is 4.21. The molecule has 2 nitrogen and oxygen atoms in total. The zero-order valence-corrected chi connectivity index (χ0v) is 11.5. The van der Waals surface area contributed by atoms with Gasteiger partial charge in [0.15, 0.2) is 0 Å². The van der Waals surface area contributed by atoms with Gasteiger partial charge in [0, 0.05) is 12.6 Å². The van der Waals surface area contributed by atoms with E-state index in [-0.39, 0.29) is 6.10 Å². The van der Waals surface area contributed by atoms with Crippen LogP contribution >= 0.6 is 0 Å². The zero-order chi connectivity index (χ0) is 13.0. The molecule has 1 aromatic carbocycles. The van der Waals surface area contributed by atoms with Crippen molar-refractivity contribution in [3.05, 3.63) is 35.4 Å². The van der Waals surface area contributed by atoms with Crippen LogP contribution in [0.5, 0.6) is 0 Å². The highest BCUT2D eigenvalue weighted by molar-refractivity contribution is 5.28. The van der Waals surface area contributed by atoms with E-state index in [1.807, 2.05) is 0 Å². The van der Waals surface area contributed by atoms with Crippen molar-refractivity contribution in [2.75, 3.05) is 6.54 Å². The average molecular weight is 247 g/mol. The van der Waals surface area contributed by atoms with Gasteiger partial charge in [-0.2, -0.15) is 0 Å². The van der Waals surface area contributed by atoms with E-state index in [9.17, 15) is 5.11 Å². The van der Waals surface area contributed by atoms with Crippen LogP contribution in [0.2, 0.25) is 0 Å². The van der Waals surface area contributed by atoms with Crippen LogP contribution in [0.3, 0.4) is 0 Å². The molecular formula is C16H25NO. The predicted octanol–water partition coefficient (Wildman–Crippen LogP) is 3.20. The molecule has 0 bridgehead atoms. The van der Waals surface area contributed by atoms with Gasteiger partial charge in [-0.05, 0) is 43.7 Å². The minimum absolute atomic E-state index is 0.102. The predicted molar refractivity (Wildman–Crippen MR) is 75.6 cm³/mol. The molecule has 1 saturated carbocycles. The number of rotatable bonds is 4. The summed E-state index contributed by atoms with van der Waals surface area (Å²) in [6.45, 7) is 5.29. The van der Waals surface area contributed by atoms with E-state index in [1.54, 1.807) is 0 Å². The molecular weight excluding hydrogens is 222 g/mol. The summed E-state index contributed by atoms with van der Waals surface area (Å²) in [5, 5.41) is 13.5. The van der Waals surface area contributed by atoms with Crippen LogP contribution in [0.1, 0.15) is 49.8 Å². The number of nitrogens with one attached hydrogen (secondary N) is 1. The Morgan fingerprint density at radius 2 is 2.00 bits per heavy atom. The van der Waals surface area contributed by atoms with Gasteiger partial charge in [0.05, 0.1) is 6.10 Å². The van der Waals surface area contributed by atoms with Gasteiger partial charge in [-0.3, -0.25) is 0 Å². The number of aliphatic hydroxyl groups excluding tert-OH is 1. The monoisotopic (exact) mass is 247 g/mol. The number of benzene rings is 1. The fourth-order valence-electron chi connectivity index (χ4n) is 2.94. The lowest BCUT2D eigenvalue weighted by Crippen LogP contribution is -2.35. The minimum Gasteiger partial charge on any atom is -0.393 e. The highest BCUT2D eigenvalue weighted by Gasteiger charge is 2.23. The highest BCUT2D eigenvalue weighted by atomic mass is 16.3. The van der Waals surface area contributed by atoms with E-state index in [4.69, 9.17) is 0 Å². The first-order valence-corrected chi connectivity index (χ1v) is 7.15. The highest BCUT2D eigenvalue weighted by Crippen LogP contribution is 2.25. The number of hydrogen-bond donors (Lipinski definition) is 2. The Kier molecular flexibility index (Phi) is 4.79. The van der Waals surface area contributed by atoms with E-state index in [1.165, 1.54) is 24.0 Å². The molecule has 3 atom stereocenters. The van der Waals surface area contributed by atoms with Gasteiger partial charge in [0.2, 0.25) is 0 Å². The standard InChI is InChI=1S/C16H25NO/c1-12-7-3-5-9-15(12)13(2)17-11-14-8-4-6-10-16(14)18/h3,5,7,9,13-14,16-18H,4,6,8,10-11H2,1-2H3/t13-,14-,16+/m0/s1. The minimum atomic E-state index is -0.102. The Morgan fingerprint density at radius 1 is 1.28 bits per heavy atom. The number of aliphatic hydroxyl groups is 1. The van der Waals surface area contributed by atoms with Crippen molar-refractivity contribution in [2.45, 2.75) is 51.7 Å². The van der Waals surface area contributed by atoms with Gasteiger partial charge in [-0.25, -0.2) is 0 Å². The Bertz CT molecular complexity index is 377. The van der Waals surface area contributed by atoms with E-state index >= 15 is 0 Å². The maximum Gasteiger partial charge on any atom is 0.0580 e. The first kappa shape index (κ1) is 13.6. The molecule has 18 heavy (non-hydrogen) atoms. The normalized spacial score (nSPS) is 25.9. The van der Waals surface area contributed by atoms with E-state index in [0.717, 1.165) is 19.4 Å². The molecule has 1 aromatic rings. The van der Waals surface area contributed by atoms with Crippen LogP contribution in [0.4, 0.5) is 0 Å². The van der Waals surface area contributed by atoms with Crippen LogP contribution in [-0.2, 0) is 0 Å². The lowest BCUT2D eigenvalue weighted by atomic mass is 9.86. The summed E-state index contributed by atoms with van der Waals surface area (Å²) in [5.41, 5.74) is 2.70. The first-order chi connectivity index (χ1) is 8.68. The molecule has 2 rings (SSSR count). The summed E-state index contributed by atoms with van der Waals surface area (Å²) in [6, 6.07) is 8.87. The molecule has 0 heterocycles. The van der Waals surface area contributed by atoms with E-state index in [0.29, 0.717) is 12.0 Å². The Hall–Kier alpha value is -0.860. The quantitative estimate of drug-likeness (QED) is 0.856. The second kappa shape index (κ2) is 6.35. The summed E-state index contributed by atoms with van der Waals surface area (Å²) in [4.78, 5) is 0. The largest absolute Gasteiger partial charge is 0.393 e. The van der Waals surface area contributed by atoms with Gasteiger partial charge in [-0.1, -0.05) is 37.1 Å². The number of hydrogen-bond acceptors (Lipinski definition) is 2. The Morgan fingerprint density at radius 3 is 2.72 bits per heavy atom. The van der Waals surface area contributed by atoms with Crippen LogP contribution < -0.4 is 5.32 Å². The molecule has 0 spiro atoms. The zero-order valence-electron chi connectivity index (χ0n) is 11.5. The molecule has 2 N–H and O–H groups in total. The van der Waals surface area contributed by atoms with Crippen molar-refractivity contribution in [2.24, 2.45) is 5.92 Å². The van der Waals surface area contributed by atoms with Crippen LogP contribution in [0.15, 0.2) is 24.3 Å². The first-order valence-electron chi connectivity index (χ1n) is 7.15. The van der Waals surface area contributed by atoms with Gasteiger partial charge >= 0.3 is 0 Å². The maximum absolute atomic E-state index is 9.97.